The summed E-state index contributed by atoms with van der Waals surface area (Å²) in [6, 6.07) is 7.64. The maximum atomic E-state index is 12.1. The summed E-state index contributed by atoms with van der Waals surface area (Å²) < 4.78 is 11.2. The van der Waals surface area contributed by atoms with Crippen LogP contribution in [0.5, 0.6) is 0 Å². The van der Waals surface area contributed by atoms with Gasteiger partial charge < -0.3 is 25.4 Å². The molecule has 1 aliphatic rings. The Morgan fingerprint density at radius 2 is 1.97 bits per heavy atom. The molecular weight excluding hydrogens is 507 g/mol. The van der Waals surface area contributed by atoms with Crippen LogP contribution in [0.1, 0.15) is 55.5 Å². The Kier molecular flexibility index (Phi) is 15.3. The van der Waals surface area contributed by atoms with Crippen molar-refractivity contribution in [2.45, 2.75) is 46.1 Å². The molecule has 0 bridgehead atoms. The number of aliphatic imine (C=N–C) groups is 1. The molecule has 0 aromatic heterocycles. The Balaban J connectivity index is 0.00000480. The number of guanidine groups is 1. The molecule has 7 nitrogen and oxygen atoms in total. The largest absolute Gasteiger partial charge is 0.381 e. The van der Waals surface area contributed by atoms with Gasteiger partial charge in [0.1, 0.15) is 0 Å². The Bertz CT molecular complexity index is 651. The molecule has 0 atom stereocenters. The van der Waals surface area contributed by atoms with Crippen LogP contribution in [0.15, 0.2) is 29.3 Å². The number of carbonyl (C=O) groups excluding carboxylic acids is 1. The first-order valence-corrected chi connectivity index (χ1v) is 11.3. The standard InChI is InChI=1S/C23H38N4O3.HI/c1-3-11-25-22(28)21-8-5-7-20(16-21)17-27-23(24-4-2)26-12-6-13-30-18-19-9-14-29-15-10-19;/h5,7-8,16,19H,3-4,6,9-15,17-18H2,1-2H3,(H,25,28)(H2,24,26,27);1H. The van der Waals surface area contributed by atoms with E-state index in [-0.39, 0.29) is 29.9 Å². The fourth-order valence-corrected chi connectivity index (χ4v) is 3.21. The molecule has 176 valence electrons. The van der Waals surface area contributed by atoms with Gasteiger partial charge in [-0.25, -0.2) is 4.99 Å². The zero-order valence-corrected chi connectivity index (χ0v) is 21.3. The fourth-order valence-electron chi connectivity index (χ4n) is 3.21. The van der Waals surface area contributed by atoms with Crippen molar-refractivity contribution in [1.82, 2.24) is 16.0 Å². The summed E-state index contributed by atoms with van der Waals surface area (Å²) in [5, 5.41) is 9.53. The third-order valence-electron chi connectivity index (χ3n) is 4.94. The molecule has 0 aliphatic carbocycles. The number of halogens is 1. The number of rotatable bonds is 12. The lowest BCUT2D eigenvalue weighted by atomic mass is 10.0. The number of nitrogens with one attached hydrogen (secondary N) is 3. The molecule has 1 heterocycles. The van der Waals surface area contributed by atoms with Crippen molar-refractivity contribution in [2.24, 2.45) is 10.9 Å². The van der Waals surface area contributed by atoms with E-state index in [1.807, 2.05) is 38.1 Å². The van der Waals surface area contributed by atoms with Crippen LogP contribution in [0.4, 0.5) is 0 Å². The molecule has 1 aromatic carbocycles. The van der Waals surface area contributed by atoms with Crippen LogP contribution in [0, 0.1) is 5.92 Å². The number of benzene rings is 1. The fraction of sp³-hybridized carbons (Fsp3) is 0.652. The molecule has 0 unspecified atom stereocenters. The first-order valence-electron chi connectivity index (χ1n) is 11.3. The molecule has 1 aromatic rings. The Hall–Kier alpha value is -1.39. The van der Waals surface area contributed by atoms with E-state index in [2.05, 4.69) is 20.9 Å². The molecule has 0 radical (unpaired) electrons. The molecule has 0 spiro atoms. The number of hydrogen-bond donors (Lipinski definition) is 3. The maximum Gasteiger partial charge on any atom is 0.251 e. The van der Waals surface area contributed by atoms with Gasteiger partial charge in [-0.3, -0.25) is 4.79 Å². The highest BCUT2D eigenvalue weighted by Crippen LogP contribution is 2.14. The predicted molar refractivity (Wildman–Crippen MR) is 136 cm³/mol. The monoisotopic (exact) mass is 546 g/mol. The van der Waals surface area contributed by atoms with E-state index in [1.54, 1.807) is 0 Å². The van der Waals surface area contributed by atoms with Crippen LogP contribution < -0.4 is 16.0 Å². The lowest BCUT2D eigenvalue weighted by Gasteiger charge is -2.21. The van der Waals surface area contributed by atoms with Crippen molar-refractivity contribution < 1.29 is 14.3 Å². The van der Waals surface area contributed by atoms with E-state index >= 15 is 0 Å². The molecule has 0 saturated carbocycles. The highest BCUT2D eigenvalue weighted by molar-refractivity contribution is 14.0. The number of nitrogens with zero attached hydrogens (tertiary/aromatic N) is 1. The second-order valence-corrected chi connectivity index (χ2v) is 7.56. The second-order valence-electron chi connectivity index (χ2n) is 7.56. The van der Waals surface area contributed by atoms with Gasteiger partial charge in [0.05, 0.1) is 6.54 Å². The first-order chi connectivity index (χ1) is 14.7. The number of amides is 1. The third-order valence-corrected chi connectivity index (χ3v) is 4.94. The summed E-state index contributed by atoms with van der Waals surface area (Å²) in [7, 11) is 0. The van der Waals surface area contributed by atoms with Gasteiger partial charge >= 0.3 is 0 Å². The van der Waals surface area contributed by atoms with Gasteiger partial charge in [0.2, 0.25) is 0 Å². The molecule has 3 N–H and O–H groups in total. The van der Waals surface area contributed by atoms with Crippen molar-refractivity contribution in [3.63, 3.8) is 0 Å². The minimum Gasteiger partial charge on any atom is -0.381 e. The first kappa shape index (κ1) is 27.6. The van der Waals surface area contributed by atoms with Gasteiger partial charge in [-0.2, -0.15) is 0 Å². The highest BCUT2D eigenvalue weighted by Gasteiger charge is 2.13. The van der Waals surface area contributed by atoms with E-state index in [4.69, 9.17) is 9.47 Å². The minimum atomic E-state index is -0.0338. The van der Waals surface area contributed by atoms with Crippen LogP contribution >= 0.6 is 24.0 Å². The van der Waals surface area contributed by atoms with Crippen LogP contribution in [-0.4, -0.2) is 57.9 Å². The van der Waals surface area contributed by atoms with Crippen molar-refractivity contribution in [2.75, 3.05) is 46.1 Å². The van der Waals surface area contributed by atoms with Gasteiger partial charge in [-0.05, 0) is 56.2 Å². The Morgan fingerprint density at radius 1 is 1.16 bits per heavy atom. The van der Waals surface area contributed by atoms with Crippen LogP contribution in [0.25, 0.3) is 0 Å². The van der Waals surface area contributed by atoms with E-state index in [9.17, 15) is 4.79 Å². The topological polar surface area (TPSA) is 84.0 Å². The Morgan fingerprint density at radius 3 is 2.71 bits per heavy atom. The second kappa shape index (κ2) is 17.2. The predicted octanol–water partition coefficient (Wildman–Crippen LogP) is 3.33. The molecular formula is C23H39IN4O3. The average molecular weight is 546 g/mol. The van der Waals surface area contributed by atoms with E-state index in [0.29, 0.717) is 24.6 Å². The summed E-state index contributed by atoms with van der Waals surface area (Å²) >= 11 is 0. The van der Waals surface area contributed by atoms with E-state index in [1.165, 1.54) is 0 Å². The van der Waals surface area contributed by atoms with Crippen LogP contribution in [-0.2, 0) is 16.0 Å². The third kappa shape index (κ3) is 11.7. The Labute approximate surface area is 204 Å². The lowest BCUT2D eigenvalue weighted by Crippen LogP contribution is -2.38. The summed E-state index contributed by atoms with van der Waals surface area (Å²) in [5.41, 5.74) is 1.69. The summed E-state index contributed by atoms with van der Waals surface area (Å²) in [5.74, 6) is 1.39. The quantitative estimate of drug-likeness (QED) is 0.162. The number of carbonyl (C=O) groups is 1. The molecule has 1 amide bonds. The number of hydrogen-bond acceptors (Lipinski definition) is 4. The SMILES string of the molecule is CCCNC(=O)c1cccc(CN=C(NCC)NCCCOCC2CCOCC2)c1.I. The van der Waals surface area contributed by atoms with Crippen molar-refractivity contribution >= 4 is 35.8 Å². The summed E-state index contributed by atoms with van der Waals surface area (Å²) in [6.07, 6.45) is 4.07. The smallest absolute Gasteiger partial charge is 0.251 e. The lowest BCUT2D eigenvalue weighted by molar-refractivity contribution is 0.0203. The van der Waals surface area contributed by atoms with Gasteiger partial charge in [0, 0.05) is 51.6 Å². The molecule has 31 heavy (non-hydrogen) atoms. The minimum absolute atomic E-state index is 0. The van der Waals surface area contributed by atoms with Crippen molar-refractivity contribution in [3.05, 3.63) is 35.4 Å². The van der Waals surface area contributed by atoms with Gasteiger partial charge in [0.15, 0.2) is 5.96 Å². The zero-order valence-electron chi connectivity index (χ0n) is 19.0. The van der Waals surface area contributed by atoms with Crippen LogP contribution in [0.3, 0.4) is 0 Å². The summed E-state index contributed by atoms with van der Waals surface area (Å²) in [4.78, 5) is 16.8. The molecule has 1 fully saturated rings. The molecule has 8 heteroatoms. The summed E-state index contributed by atoms with van der Waals surface area (Å²) in [6.45, 7) is 10.2. The molecule has 1 saturated heterocycles. The van der Waals surface area contributed by atoms with Gasteiger partial charge in [-0.15, -0.1) is 24.0 Å². The highest BCUT2D eigenvalue weighted by atomic mass is 127. The normalized spacial score (nSPS) is 14.6. The zero-order chi connectivity index (χ0) is 21.4. The van der Waals surface area contributed by atoms with E-state index in [0.717, 1.165) is 76.7 Å². The van der Waals surface area contributed by atoms with Crippen LogP contribution in [0.2, 0.25) is 0 Å². The molecule has 1 aliphatic heterocycles. The number of ether oxygens (including phenoxy) is 2. The maximum absolute atomic E-state index is 12.1. The van der Waals surface area contributed by atoms with Gasteiger partial charge in [0.25, 0.3) is 5.91 Å². The van der Waals surface area contributed by atoms with Crippen molar-refractivity contribution in [3.8, 4) is 0 Å². The van der Waals surface area contributed by atoms with Crippen molar-refractivity contribution in [1.29, 1.82) is 0 Å². The van der Waals surface area contributed by atoms with E-state index < -0.39 is 0 Å². The average Bonchev–Trinajstić information content (AvgIpc) is 2.78. The molecule has 2 rings (SSSR count). The van der Waals surface area contributed by atoms with Gasteiger partial charge in [-0.1, -0.05) is 19.1 Å².